The molecular formula is C10H10N4. The summed E-state index contributed by atoms with van der Waals surface area (Å²) in [7, 11) is 0. The van der Waals surface area contributed by atoms with E-state index in [0.717, 1.165) is 28.1 Å². The maximum absolute atomic E-state index is 5.89. The molecule has 3 rings (SSSR count). The van der Waals surface area contributed by atoms with Gasteiger partial charge in [-0.1, -0.05) is 12.1 Å². The second kappa shape index (κ2) is 2.29. The van der Waals surface area contributed by atoms with Gasteiger partial charge in [-0.15, -0.1) is 0 Å². The molecule has 0 atom stereocenters. The van der Waals surface area contributed by atoms with Crippen molar-refractivity contribution in [2.24, 2.45) is 0 Å². The molecule has 0 amide bonds. The fourth-order valence-electron chi connectivity index (χ4n) is 1.72. The van der Waals surface area contributed by atoms with E-state index in [1.54, 1.807) is 0 Å². The zero-order chi connectivity index (χ0) is 9.71. The predicted molar refractivity (Wildman–Crippen MR) is 56.2 cm³/mol. The minimum Gasteiger partial charge on any atom is -0.394 e. The number of hydrogen-bond donors (Lipinski definition) is 2. The highest BCUT2D eigenvalue weighted by Crippen LogP contribution is 2.22. The minimum absolute atomic E-state index is 0.723. The first-order valence-electron chi connectivity index (χ1n) is 4.48. The van der Waals surface area contributed by atoms with E-state index in [4.69, 9.17) is 5.73 Å². The van der Waals surface area contributed by atoms with Crippen LogP contribution in [0.25, 0.3) is 16.7 Å². The predicted octanol–water partition coefficient (Wildman–Crippen LogP) is 1.71. The molecule has 2 heterocycles. The molecule has 1 aromatic carbocycles. The number of aromatic amines is 1. The maximum Gasteiger partial charge on any atom is 0.177 e. The number of benzene rings is 1. The molecule has 0 saturated heterocycles. The van der Waals surface area contributed by atoms with Gasteiger partial charge in [0.1, 0.15) is 0 Å². The Morgan fingerprint density at radius 3 is 3.00 bits per heavy atom. The van der Waals surface area contributed by atoms with Crippen molar-refractivity contribution in [3.05, 3.63) is 30.0 Å². The quantitative estimate of drug-likeness (QED) is 0.561. The number of nitrogens with one attached hydrogen (secondary N) is 1. The van der Waals surface area contributed by atoms with Crippen molar-refractivity contribution in [2.45, 2.75) is 6.92 Å². The van der Waals surface area contributed by atoms with Crippen molar-refractivity contribution >= 4 is 22.4 Å². The summed E-state index contributed by atoms with van der Waals surface area (Å²) in [6.45, 7) is 1.94. The topological polar surface area (TPSA) is 59.1 Å². The van der Waals surface area contributed by atoms with E-state index in [2.05, 4.69) is 10.1 Å². The van der Waals surface area contributed by atoms with E-state index in [1.165, 1.54) is 0 Å². The molecule has 14 heavy (non-hydrogen) atoms. The molecule has 3 N–H and O–H groups in total. The molecular weight excluding hydrogens is 176 g/mol. The number of hydrogen-bond acceptors (Lipinski definition) is 2. The van der Waals surface area contributed by atoms with Gasteiger partial charge in [-0.25, -0.2) is 9.50 Å². The normalized spacial score (nSPS) is 11.5. The first-order valence-corrected chi connectivity index (χ1v) is 4.48. The van der Waals surface area contributed by atoms with Crippen LogP contribution in [0.4, 0.5) is 5.69 Å². The van der Waals surface area contributed by atoms with E-state index >= 15 is 0 Å². The molecule has 3 aromatic rings. The Balaban J connectivity index is 2.60. The Labute approximate surface area is 80.3 Å². The Bertz CT molecular complexity index is 617. The number of nitrogens with zero attached hydrogens (tertiary/aromatic N) is 2. The van der Waals surface area contributed by atoms with Crippen LogP contribution in [-0.4, -0.2) is 14.6 Å². The van der Waals surface area contributed by atoms with Crippen molar-refractivity contribution in [1.82, 2.24) is 14.6 Å². The molecule has 0 saturated carbocycles. The van der Waals surface area contributed by atoms with Crippen LogP contribution in [0.3, 0.4) is 0 Å². The molecule has 2 aromatic heterocycles. The monoisotopic (exact) mass is 186 g/mol. The van der Waals surface area contributed by atoms with Gasteiger partial charge >= 0.3 is 0 Å². The molecule has 4 nitrogen and oxygen atoms in total. The lowest BCUT2D eigenvalue weighted by Crippen LogP contribution is -1.85. The molecule has 0 aliphatic rings. The molecule has 70 valence electrons. The number of aryl methyl sites for hydroxylation is 1. The van der Waals surface area contributed by atoms with Crippen molar-refractivity contribution < 1.29 is 0 Å². The van der Waals surface area contributed by atoms with E-state index in [9.17, 15) is 0 Å². The maximum atomic E-state index is 5.89. The first-order chi connectivity index (χ1) is 6.77. The summed E-state index contributed by atoms with van der Waals surface area (Å²) >= 11 is 0. The molecule has 4 heteroatoms. The summed E-state index contributed by atoms with van der Waals surface area (Å²) in [5.74, 6) is 0. The highest BCUT2D eigenvalue weighted by molar-refractivity contribution is 5.84. The van der Waals surface area contributed by atoms with Gasteiger partial charge in [0, 0.05) is 0 Å². The Hall–Kier alpha value is -1.97. The van der Waals surface area contributed by atoms with Crippen LogP contribution in [0.5, 0.6) is 0 Å². The van der Waals surface area contributed by atoms with Gasteiger partial charge in [0.25, 0.3) is 0 Å². The van der Waals surface area contributed by atoms with Crippen molar-refractivity contribution in [3.63, 3.8) is 0 Å². The molecule has 0 radical (unpaired) electrons. The lowest BCUT2D eigenvalue weighted by Gasteiger charge is -1.89. The number of nitrogen functional groups attached to an aromatic ring is 1. The smallest absolute Gasteiger partial charge is 0.177 e. The second-order valence-corrected chi connectivity index (χ2v) is 3.41. The highest BCUT2D eigenvalue weighted by Gasteiger charge is 2.10. The number of rotatable bonds is 0. The number of anilines is 1. The van der Waals surface area contributed by atoms with Crippen molar-refractivity contribution in [2.75, 3.05) is 5.73 Å². The highest BCUT2D eigenvalue weighted by atomic mass is 15.3. The average Bonchev–Trinajstić information content (AvgIpc) is 2.67. The molecule has 0 unspecified atom stereocenters. The summed E-state index contributed by atoms with van der Waals surface area (Å²) in [6.07, 6.45) is 0. The van der Waals surface area contributed by atoms with Crippen molar-refractivity contribution in [3.8, 4) is 0 Å². The van der Waals surface area contributed by atoms with Gasteiger partial charge in [-0.3, -0.25) is 5.10 Å². The molecule has 0 spiro atoms. The summed E-state index contributed by atoms with van der Waals surface area (Å²) in [4.78, 5) is 4.44. The zero-order valence-corrected chi connectivity index (χ0v) is 7.78. The Morgan fingerprint density at radius 2 is 2.14 bits per heavy atom. The standard InChI is InChI=1S/C10H10N4/c1-6-9(11)10-12-7-4-2-3-5-8(7)14(10)13-6/h2-5,13H,11H2,1H3. The van der Waals surface area contributed by atoms with Crippen LogP contribution >= 0.6 is 0 Å². The largest absolute Gasteiger partial charge is 0.394 e. The van der Waals surface area contributed by atoms with E-state index in [0.29, 0.717) is 0 Å². The van der Waals surface area contributed by atoms with Crippen molar-refractivity contribution in [1.29, 1.82) is 0 Å². The van der Waals surface area contributed by atoms with Gasteiger partial charge in [0.2, 0.25) is 0 Å². The Morgan fingerprint density at radius 1 is 1.36 bits per heavy atom. The van der Waals surface area contributed by atoms with E-state index < -0.39 is 0 Å². The van der Waals surface area contributed by atoms with Gasteiger partial charge in [-0.2, -0.15) is 0 Å². The van der Waals surface area contributed by atoms with Crippen LogP contribution in [-0.2, 0) is 0 Å². The van der Waals surface area contributed by atoms with Crippen LogP contribution in [0.1, 0.15) is 5.69 Å². The molecule has 0 bridgehead atoms. The van der Waals surface area contributed by atoms with Gasteiger partial charge in [0.05, 0.1) is 22.4 Å². The van der Waals surface area contributed by atoms with E-state index in [-0.39, 0.29) is 0 Å². The van der Waals surface area contributed by atoms with Crippen LogP contribution < -0.4 is 5.73 Å². The number of nitrogens with two attached hydrogens (primary N) is 1. The number of para-hydroxylation sites is 2. The number of H-pyrrole nitrogens is 1. The summed E-state index contributed by atoms with van der Waals surface area (Å²) in [5, 5.41) is 3.18. The molecule has 0 aliphatic carbocycles. The Kier molecular flexibility index (Phi) is 1.21. The SMILES string of the molecule is Cc1[nH]n2c(nc3ccccc32)c1N. The second-order valence-electron chi connectivity index (χ2n) is 3.41. The molecule has 0 aliphatic heterocycles. The van der Waals surface area contributed by atoms with Gasteiger partial charge in [0.15, 0.2) is 5.65 Å². The third kappa shape index (κ3) is 0.750. The summed E-state index contributed by atoms with van der Waals surface area (Å²) in [6, 6.07) is 7.95. The fraction of sp³-hybridized carbons (Fsp3) is 0.100. The van der Waals surface area contributed by atoms with E-state index in [1.807, 2.05) is 35.7 Å². The third-order valence-electron chi connectivity index (χ3n) is 2.49. The van der Waals surface area contributed by atoms with Crippen LogP contribution in [0.15, 0.2) is 24.3 Å². The fourth-order valence-corrected chi connectivity index (χ4v) is 1.72. The lowest BCUT2D eigenvalue weighted by atomic mass is 10.3. The first kappa shape index (κ1) is 7.44. The number of fused-ring (bicyclic) bond motifs is 3. The average molecular weight is 186 g/mol. The lowest BCUT2D eigenvalue weighted by molar-refractivity contribution is 0.975. The number of imidazole rings is 1. The van der Waals surface area contributed by atoms with Crippen LogP contribution in [0, 0.1) is 6.92 Å². The van der Waals surface area contributed by atoms with Gasteiger partial charge in [-0.05, 0) is 19.1 Å². The number of aromatic nitrogens is 3. The summed E-state index contributed by atoms with van der Waals surface area (Å²) < 4.78 is 1.92. The summed E-state index contributed by atoms with van der Waals surface area (Å²) in [5.41, 5.74) is 10.4. The third-order valence-corrected chi connectivity index (χ3v) is 2.49. The molecule has 0 fully saturated rings. The minimum atomic E-state index is 0.723. The van der Waals surface area contributed by atoms with Gasteiger partial charge < -0.3 is 5.73 Å². The van der Waals surface area contributed by atoms with Crippen LogP contribution in [0.2, 0.25) is 0 Å². The zero-order valence-electron chi connectivity index (χ0n) is 7.78.